The van der Waals surface area contributed by atoms with Crippen molar-refractivity contribution in [3.8, 4) is 0 Å². The van der Waals surface area contributed by atoms with E-state index < -0.39 is 7.81 Å². The normalized spacial score (nSPS) is 20.5. The van der Waals surface area contributed by atoms with Crippen molar-refractivity contribution in [1.82, 2.24) is 15.0 Å². The van der Waals surface area contributed by atoms with Gasteiger partial charge >= 0.3 is 39.3 Å². The van der Waals surface area contributed by atoms with Crippen LogP contribution in [0.1, 0.15) is 6.29 Å². The van der Waals surface area contributed by atoms with Crippen LogP contribution in [0.5, 0.6) is 0 Å². The van der Waals surface area contributed by atoms with Gasteiger partial charge in [0.15, 0.2) is 0 Å². The summed E-state index contributed by atoms with van der Waals surface area (Å²) < 4.78 is 61.7. The van der Waals surface area contributed by atoms with Gasteiger partial charge in [-0.2, -0.15) is 4.68 Å². The third kappa shape index (κ3) is 5.10. The number of aromatic nitrogens is 3. The summed E-state index contributed by atoms with van der Waals surface area (Å²) in [5.74, 6) is 0. The zero-order valence-electron chi connectivity index (χ0n) is 12.2. The summed E-state index contributed by atoms with van der Waals surface area (Å²) in [4.78, 5) is 0. The fourth-order valence-corrected chi connectivity index (χ4v) is 1.86. The Morgan fingerprint density at radius 2 is 1.61 bits per heavy atom. The molecule has 1 aliphatic rings. The first-order valence-electron chi connectivity index (χ1n) is 6.15. The molecule has 1 atom stereocenters. The van der Waals surface area contributed by atoms with Gasteiger partial charge in [-0.15, -0.1) is 15.3 Å². The second-order valence-corrected chi connectivity index (χ2v) is 7.73. The maximum absolute atomic E-state index is 10.7. The molecule has 0 saturated carbocycles. The molecule has 130 valence electrons. The summed E-state index contributed by atoms with van der Waals surface area (Å²) in [5, 5.41) is 16.8. The quantitative estimate of drug-likeness (QED) is 0.404. The fraction of sp³-hybridized carbons (Fsp3) is 0.400. The molecule has 0 amide bonds. The number of benzene rings is 1. The number of hydrogen-bond donors (Lipinski definition) is 0. The van der Waals surface area contributed by atoms with Gasteiger partial charge in [-0.1, -0.05) is 11.3 Å². The van der Waals surface area contributed by atoms with Crippen LogP contribution in [0.2, 0.25) is 0 Å². The van der Waals surface area contributed by atoms with Crippen LogP contribution in [0, 0.1) is 0 Å². The van der Waals surface area contributed by atoms with E-state index in [4.69, 9.17) is 0 Å². The first-order chi connectivity index (χ1) is 10.0. The van der Waals surface area contributed by atoms with Crippen molar-refractivity contribution in [2.45, 2.75) is 6.29 Å². The number of azo groups is 1. The van der Waals surface area contributed by atoms with Crippen molar-refractivity contribution in [3.63, 3.8) is 0 Å². The molecule has 23 heavy (non-hydrogen) atoms. The van der Waals surface area contributed by atoms with Gasteiger partial charge < -0.3 is 0 Å². The first kappa shape index (κ1) is 17.5. The van der Waals surface area contributed by atoms with Crippen LogP contribution >= 0.6 is 7.81 Å². The molecule has 0 N–H and O–H groups in total. The van der Waals surface area contributed by atoms with Crippen LogP contribution in [0.3, 0.4) is 0 Å². The molecular weight excluding hydrogens is 349 g/mol. The summed E-state index contributed by atoms with van der Waals surface area (Å²) in [7, 11) is -4.48. The molecule has 0 radical (unpaired) electrons. The topological polar surface area (TPSA) is 55.4 Å². The van der Waals surface area contributed by atoms with Gasteiger partial charge in [0, 0.05) is 0 Å². The number of nitrogens with zero attached hydrogens (tertiary/aromatic N) is 6. The van der Waals surface area contributed by atoms with E-state index in [2.05, 4.69) is 41.7 Å². The molecule has 13 heteroatoms. The average molecular weight is 362 g/mol. The molecule has 2 heterocycles. The van der Waals surface area contributed by atoms with Gasteiger partial charge in [0.05, 0.1) is 21.1 Å². The molecule has 0 spiro atoms. The van der Waals surface area contributed by atoms with E-state index >= 15 is 0 Å². The standard InChI is InChI=1S/C10H13N6.F6P/c1-16(2,3)10-13-11-7-5-4-6-8-9(7)15(10)14-12-8;1-7(2,3,4,5)6/h4-6,10H,1-3H3;/q+1;-1. The maximum atomic E-state index is 9.87. The van der Waals surface area contributed by atoms with Crippen LogP contribution in [-0.4, -0.2) is 40.6 Å². The third-order valence-corrected chi connectivity index (χ3v) is 2.65. The molecule has 1 aliphatic heterocycles. The Labute approximate surface area is 126 Å². The van der Waals surface area contributed by atoms with Crippen molar-refractivity contribution in [2.75, 3.05) is 21.1 Å². The first-order valence-corrected chi connectivity index (χ1v) is 8.17. The van der Waals surface area contributed by atoms with E-state index in [-0.39, 0.29) is 6.29 Å². The zero-order chi connectivity index (χ0) is 17.7. The SMILES string of the molecule is C[N+](C)(C)C1N=Nc2cccc3nnn1c23.F[P-](F)(F)(F)(F)F. The van der Waals surface area contributed by atoms with E-state index in [9.17, 15) is 25.2 Å². The van der Waals surface area contributed by atoms with Crippen molar-refractivity contribution in [1.29, 1.82) is 0 Å². The number of quaternary nitrogens is 1. The molecule has 3 rings (SSSR count). The van der Waals surface area contributed by atoms with Gasteiger partial charge in [0.2, 0.25) is 0 Å². The van der Waals surface area contributed by atoms with E-state index in [1.807, 2.05) is 22.9 Å². The van der Waals surface area contributed by atoms with E-state index in [0.717, 1.165) is 16.7 Å². The summed E-state index contributed by atoms with van der Waals surface area (Å²) in [6.07, 6.45) is -0.139. The molecular formula is C10H13F6N6P. The Morgan fingerprint density at radius 3 is 2.13 bits per heavy atom. The molecule has 1 aromatic carbocycles. The van der Waals surface area contributed by atoms with Crippen molar-refractivity contribution in [3.05, 3.63) is 18.2 Å². The van der Waals surface area contributed by atoms with E-state index in [0.29, 0.717) is 4.48 Å². The molecule has 6 nitrogen and oxygen atoms in total. The minimum atomic E-state index is -10.7. The second kappa shape index (κ2) is 4.38. The summed E-state index contributed by atoms with van der Waals surface area (Å²) in [6.45, 7) is 0. The second-order valence-electron chi connectivity index (χ2n) is 5.82. The number of hydrogen-bond acceptors (Lipinski definition) is 4. The van der Waals surface area contributed by atoms with Gasteiger partial charge in [0.1, 0.15) is 16.7 Å². The van der Waals surface area contributed by atoms with Gasteiger partial charge in [0.25, 0.3) is 0 Å². The summed E-state index contributed by atoms with van der Waals surface area (Å²) >= 11 is 0. The number of halogens is 6. The van der Waals surface area contributed by atoms with E-state index in [1.165, 1.54) is 0 Å². The molecule has 2 aromatic rings. The minimum absolute atomic E-state index is 0.139. The molecule has 1 aromatic heterocycles. The Hall–Kier alpha value is -1.81. The zero-order valence-corrected chi connectivity index (χ0v) is 13.1. The average Bonchev–Trinajstić information content (AvgIpc) is 2.70. The third-order valence-electron chi connectivity index (χ3n) is 2.65. The van der Waals surface area contributed by atoms with Crippen molar-refractivity contribution < 1.29 is 29.7 Å². The Morgan fingerprint density at radius 1 is 1.04 bits per heavy atom. The van der Waals surface area contributed by atoms with Gasteiger partial charge in [-0.3, -0.25) is 4.48 Å². The molecule has 0 saturated heterocycles. The summed E-state index contributed by atoms with van der Waals surface area (Å²) in [6, 6.07) is 5.79. The Bertz CT molecular complexity index is 763. The molecule has 1 unspecified atom stereocenters. The van der Waals surface area contributed by atoms with Crippen molar-refractivity contribution in [2.24, 2.45) is 10.2 Å². The van der Waals surface area contributed by atoms with Crippen LogP contribution in [0.25, 0.3) is 11.0 Å². The van der Waals surface area contributed by atoms with Crippen molar-refractivity contribution >= 4 is 24.5 Å². The van der Waals surface area contributed by atoms with Crippen LogP contribution < -0.4 is 0 Å². The van der Waals surface area contributed by atoms with Gasteiger partial charge in [-0.05, 0) is 12.1 Å². The Balaban J connectivity index is 0.000000236. The van der Waals surface area contributed by atoms with E-state index in [1.54, 1.807) is 0 Å². The number of rotatable bonds is 1. The summed E-state index contributed by atoms with van der Waals surface area (Å²) in [5.41, 5.74) is 2.68. The molecule has 0 aliphatic carbocycles. The van der Waals surface area contributed by atoms with Crippen LogP contribution in [0.15, 0.2) is 28.4 Å². The molecule has 0 fully saturated rings. The van der Waals surface area contributed by atoms with Gasteiger partial charge in [-0.25, -0.2) is 0 Å². The predicted octanol–water partition coefficient (Wildman–Crippen LogP) is 5.07. The fourth-order valence-electron chi connectivity index (χ4n) is 1.86. The number of para-hydroxylation sites is 1. The predicted molar refractivity (Wildman–Crippen MR) is 72.7 cm³/mol. The monoisotopic (exact) mass is 362 g/mol. The molecule has 0 bridgehead atoms. The Kier molecular flexibility index (Phi) is 3.34. The van der Waals surface area contributed by atoms with Crippen LogP contribution in [-0.2, 0) is 0 Å². The van der Waals surface area contributed by atoms with Crippen LogP contribution in [0.4, 0.5) is 30.9 Å².